The molecule has 0 saturated carbocycles. The molecule has 1 atom stereocenters. The van der Waals surface area contributed by atoms with Gasteiger partial charge in [-0.3, -0.25) is 4.90 Å². The summed E-state index contributed by atoms with van der Waals surface area (Å²) in [6.45, 7) is 2.43. The zero-order valence-electron chi connectivity index (χ0n) is 24.4. The summed E-state index contributed by atoms with van der Waals surface area (Å²) in [5.74, 6) is 0.218. The van der Waals surface area contributed by atoms with Gasteiger partial charge < -0.3 is 26.8 Å². The number of amides is 2. The van der Waals surface area contributed by atoms with E-state index in [4.69, 9.17) is 5.73 Å². The lowest BCUT2D eigenvalue weighted by Crippen LogP contribution is -2.51. The zero-order chi connectivity index (χ0) is 30.7. The number of phenols is 1. The molecular weight excluding hydrogens is 576 g/mol. The lowest BCUT2D eigenvalue weighted by atomic mass is 10.1. The van der Waals surface area contributed by atoms with E-state index in [2.05, 4.69) is 16.0 Å². The van der Waals surface area contributed by atoms with Crippen molar-refractivity contribution in [2.24, 2.45) is 5.73 Å². The maximum atomic E-state index is 14.0. The average Bonchev–Trinajstić information content (AvgIpc) is 3.47. The highest BCUT2D eigenvalue weighted by molar-refractivity contribution is 7.89. The molecule has 0 spiro atoms. The van der Waals surface area contributed by atoms with Crippen molar-refractivity contribution in [2.75, 3.05) is 24.5 Å². The lowest BCUT2D eigenvalue weighted by molar-refractivity contribution is 0.244. The summed E-state index contributed by atoms with van der Waals surface area (Å²) in [7, 11) is -3.73. The van der Waals surface area contributed by atoms with Crippen molar-refractivity contribution in [1.82, 2.24) is 20.3 Å². The first-order valence-electron chi connectivity index (χ1n) is 15.0. The van der Waals surface area contributed by atoms with Crippen LogP contribution in [0.4, 0.5) is 10.5 Å². The van der Waals surface area contributed by atoms with Crippen LogP contribution in [-0.2, 0) is 23.0 Å². The van der Waals surface area contributed by atoms with Crippen molar-refractivity contribution < 1.29 is 18.3 Å². The fourth-order valence-electron chi connectivity index (χ4n) is 5.95. The molecule has 3 aromatic rings. The number of nitrogens with two attached hydrogens (primary N) is 1. The third-order valence-corrected chi connectivity index (χ3v) is 10.4. The van der Waals surface area contributed by atoms with Crippen LogP contribution in [0.2, 0.25) is 0 Å². The molecule has 0 aromatic heterocycles. The van der Waals surface area contributed by atoms with Crippen molar-refractivity contribution >= 4 is 27.4 Å². The molecule has 3 aliphatic rings. The fourth-order valence-corrected chi connectivity index (χ4v) is 7.67. The minimum atomic E-state index is -3.73. The zero-order valence-corrected chi connectivity index (χ0v) is 25.3. The van der Waals surface area contributed by atoms with Gasteiger partial charge in [0.05, 0.1) is 10.6 Å². The Morgan fingerprint density at radius 1 is 0.909 bits per heavy atom. The van der Waals surface area contributed by atoms with Gasteiger partial charge in [-0.2, -0.15) is 4.31 Å². The van der Waals surface area contributed by atoms with E-state index in [0.717, 1.165) is 66.0 Å². The van der Waals surface area contributed by atoms with Crippen molar-refractivity contribution in [2.45, 2.75) is 49.3 Å². The number of phenolic OH excluding ortho intramolecular Hbond substituents is 1. The normalized spacial score (nSPS) is 18.8. The standard InChI is InChI=1S/C33H38N6O4S/c34-21-24-3-9-27(10-4-24)38-22-26-20-31(36-32(26)37-33(38)41)25-7-13-30(14-8-25)44(42,43)39(28-15-17-35-18-16-28)19-1-2-23-5-11-29(40)12-6-23/h3-14,20,22,28,32,35-36,40H,1-2,15-19,21,34H2,(H,37,41). The van der Waals surface area contributed by atoms with E-state index in [1.165, 1.54) is 0 Å². The molecule has 1 unspecified atom stereocenters. The molecule has 3 aliphatic heterocycles. The first-order valence-corrected chi connectivity index (χ1v) is 16.5. The quantitative estimate of drug-likeness (QED) is 0.235. The summed E-state index contributed by atoms with van der Waals surface area (Å²) in [6, 6.07) is 21.2. The number of nitrogens with zero attached hydrogens (tertiary/aromatic N) is 2. The molecule has 1 saturated heterocycles. The first-order chi connectivity index (χ1) is 21.3. The van der Waals surface area contributed by atoms with Crippen LogP contribution < -0.4 is 26.6 Å². The summed E-state index contributed by atoms with van der Waals surface area (Å²) in [4.78, 5) is 14.7. The maximum absolute atomic E-state index is 14.0. The van der Waals surface area contributed by atoms with E-state index in [-0.39, 0.29) is 28.9 Å². The topological polar surface area (TPSA) is 140 Å². The molecule has 0 aliphatic carbocycles. The van der Waals surface area contributed by atoms with E-state index in [1.54, 1.807) is 33.5 Å². The van der Waals surface area contributed by atoms with Crippen LogP contribution in [0.3, 0.4) is 0 Å². The first kappa shape index (κ1) is 29.9. The second-order valence-electron chi connectivity index (χ2n) is 11.3. The Kier molecular flexibility index (Phi) is 8.72. The molecule has 0 bridgehead atoms. The summed E-state index contributed by atoms with van der Waals surface area (Å²) >= 11 is 0. The van der Waals surface area contributed by atoms with Gasteiger partial charge in [-0.25, -0.2) is 13.2 Å². The number of urea groups is 1. The third kappa shape index (κ3) is 6.36. The van der Waals surface area contributed by atoms with Gasteiger partial charge in [0.15, 0.2) is 0 Å². The number of hydrogen-bond donors (Lipinski definition) is 5. The number of rotatable bonds is 10. The number of carbonyl (C=O) groups is 1. The third-order valence-electron chi connectivity index (χ3n) is 8.43. The van der Waals surface area contributed by atoms with Crippen LogP contribution in [0.1, 0.15) is 36.0 Å². The average molecular weight is 615 g/mol. The number of aromatic hydroxyl groups is 1. The molecule has 10 nitrogen and oxygen atoms in total. The number of hydrogen-bond acceptors (Lipinski definition) is 7. The maximum Gasteiger partial charge on any atom is 0.327 e. The largest absolute Gasteiger partial charge is 0.508 e. The van der Waals surface area contributed by atoms with Crippen LogP contribution in [0.5, 0.6) is 5.75 Å². The van der Waals surface area contributed by atoms with Gasteiger partial charge >= 0.3 is 6.03 Å². The van der Waals surface area contributed by atoms with Crippen molar-refractivity contribution in [3.63, 3.8) is 0 Å². The van der Waals surface area contributed by atoms with Crippen molar-refractivity contribution in [3.05, 3.63) is 107 Å². The van der Waals surface area contributed by atoms with Crippen LogP contribution in [0.25, 0.3) is 5.70 Å². The van der Waals surface area contributed by atoms with Gasteiger partial charge in [0.2, 0.25) is 10.0 Å². The van der Waals surface area contributed by atoms with Gasteiger partial charge in [0.25, 0.3) is 0 Å². The minimum Gasteiger partial charge on any atom is -0.508 e. The van der Waals surface area contributed by atoms with Crippen LogP contribution >= 0.6 is 0 Å². The molecular formula is C33H38N6O4S. The summed E-state index contributed by atoms with van der Waals surface area (Å²) in [6.07, 6.45) is 6.35. The molecule has 3 aromatic carbocycles. The molecule has 0 radical (unpaired) electrons. The van der Waals surface area contributed by atoms with Crippen LogP contribution in [-0.4, -0.2) is 55.7 Å². The molecule has 6 rings (SSSR count). The number of sulfonamides is 1. The Morgan fingerprint density at radius 2 is 1.59 bits per heavy atom. The highest BCUT2D eigenvalue weighted by Gasteiger charge is 2.33. The van der Waals surface area contributed by atoms with Gasteiger partial charge in [-0.05, 0) is 97.9 Å². The Bertz CT molecular complexity index is 1650. The Balaban J connectivity index is 1.18. The molecule has 2 amide bonds. The van der Waals surface area contributed by atoms with Crippen LogP contribution in [0.15, 0.2) is 95.5 Å². The SMILES string of the molecule is NCc1ccc(N2C=C3C=C(c4ccc(S(=O)(=O)N(CCCc5ccc(O)cc5)C5CCNCC5)cc4)NC3NC2=O)cc1. The number of benzene rings is 3. The van der Waals surface area contributed by atoms with Crippen molar-refractivity contribution in [3.8, 4) is 5.75 Å². The van der Waals surface area contributed by atoms with E-state index in [0.29, 0.717) is 19.5 Å². The Morgan fingerprint density at radius 3 is 2.27 bits per heavy atom. The highest BCUT2D eigenvalue weighted by Crippen LogP contribution is 2.30. The van der Waals surface area contributed by atoms with Gasteiger partial charge in [-0.15, -0.1) is 0 Å². The van der Waals surface area contributed by atoms with Gasteiger partial charge in [0.1, 0.15) is 11.9 Å². The number of fused-ring (bicyclic) bond motifs is 1. The molecule has 6 N–H and O–H groups in total. The number of nitrogens with one attached hydrogen (secondary N) is 3. The molecule has 230 valence electrons. The smallest absolute Gasteiger partial charge is 0.327 e. The van der Waals surface area contributed by atoms with E-state index >= 15 is 0 Å². The Labute approximate surface area is 258 Å². The van der Waals surface area contributed by atoms with Gasteiger partial charge in [-0.1, -0.05) is 36.4 Å². The second-order valence-corrected chi connectivity index (χ2v) is 13.2. The van der Waals surface area contributed by atoms with Crippen LogP contribution in [0, 0.1) is 0 Å². The van der Waals surface area contributed by atoms with E-state index in [9.17, 15) is 18.3 Å². The highest BCUT2D eigenvalue weighted by atomic mass is 32.2. The number of carbonyl (C=O) groups excluding carboxylic acids is 1. The predicted octanol–water partition coefficient (Wildman–Crippen LogP) is 3.61. The number of piperidine rings is 1. The predicted molar refractivity (Wildman–Crippen MR) is 171 cm³/mol. The minimum absolute atomic E-state index is 0.0620. The summed E-state index contributed by atoms with van der Waals surface area (Å²) < 4.78 is 29.6. The lowest BCUT2D eigenvalue weighted by Gasteiger charge is -2.34. The van der Waals surface area contributed by atoms with E-state index < -0.39 is 10.0 Å². The molecule has 11 heteroatoms. The number of aryl methyl sites for hydroxylation is 1. The van der Waals surface area contributed by atoms with Crippen molar-refractivity contribution in [1.29, 1.82) is 0 Å². The number of anilines is 1. The summed E-state index contributed by atoms with van der Waals surface area (Å²) in [5, 5.41) is 19.2. The molecule has 3 heterocycles. The Hall–Kier alpha value is -4.16. The summed E-state index contributed by atoms with van der Waals surface area (Å²) in [5.41, 5.74) is 11.0. The monoisotopic (exact) mass is 614 g/mol. The van der Waals surface area contributed by atoms with Gasteiger partial charge in [0, 0.05) is 36.6 Å². The second kappa shape index (κ2) is 12.8. The molecule has 44 heavy (non-hydrogen) atoms. The molecule has 1 fully saturated rings. The fraction of sp³-hybridized carbons (Fsp3) is 0.303. The van der Waals surface area contributed by atoms with E-state index in [1.807, 2.05) is 60.8 Å².